The number of nitrogens with zero attached hydrogens (tertiary/aromatic N) is 7. The molecule has 2 fully saturated rings. The van der Waals surface area contributed by atoms with E-state index < -0.39 is 18.8 Å². The number of nitrogens with one attached hydrogen (secondary N) is 2. The fourth-order valence-electron chi connectivity index (χ4n) is 6.14. The van der Waals surface area contributed by atoms with Crippen LogP contribution in [0.4, 0.5) is 24.7 Å². The lowest BCUT2D eigenvalue weighted by atomic mass is 9.96. The molecule has 2 aliphatic heterocycles. The molecule has 2 aliphatic rings. The molecule has 2 amide bonds. The first-order valence-corrected chi connectivity index (χ1v) is 15.3. The summed E-state index contributed by atoms with van der Waals surface area (Å²) in [4.78, 5) is 39.0. The van der Waals surface area contributed by atoms with E-state index in [4.69, 9.17) is 0 Å². The fraction of sp³-hybridized carbons (Fsp3) is 0.452. The van der Waals surface area contributed by atoms with Crippen LogP contribution in [0.3, 0.4) is 0 Å². The van der Waals surface area contributed by atoms with Gasteiger partial charge in [-0.1, -0.05) is 6.92 Å². The van der Waals surface area contributed by atoms with E-state index in [1.54, 1.807) is 22.7 Å². The molecule has 4 aromatic rings. The monoisotopic (exact) mass is 623 g/mol. The van der Waals surface area contributed by atoms with Crippen LogP contribution in [0.5, 0.6) is 0 Å². The standard InChI is InChI=1S/C31H36F3N9O2/c1-2-20-17-22(3-4-23(20)31(45)41-15-13-40(14-16-41)30(44)21-5-8-35-9-6-21)38-28-29-37-18-25(43(29)12-10-36-28)24-19-42(11-7-32)39-26(24)27(33)34/h3-4,10,12,17-19,21,27,35H,2,5-9,11,13-16H2,1H3,(H,36,38). The molecule has 1 aromatic carbocycles. The average molecular weight is 624 g/mol. The summed E-state index contributed by atoms with van der Waals surface area (Å²) >= 11 is 0. The van der Waals surface area contributed by atoms with Gasteiger partial charge in [0, 0.05) is 67.5 Å². The molecule has 6 rings (SSSR count). The largest absolute Gasteiger partial charge is 0.339 e. The smallest absolute Gasteiger partial charge is 0.282 e. The maximum Gasteiger partial charge on any atom is 0.282 e. The summed E-state index contributed by atoms with van der Waals surface area (Å²) in [7, 11) is 0. The Balaban J connectivity index is 1.17. The Bertz CT molecular complexity index is 1670. The summed E-state index contributed by atoms with van der Waals surface area (Å²) in [5.41, 5.74) is 2.66. The predicted octanol–water partition coefficient (Wildman–Crippen LogP) is 4.09. The van der Waals surface area contributed by atoms with Crippen molar-refractivity contribution in [2.45, 2.75) is 39.2 Å². The zero-order valence-electron chi connectivity index (χ0n) is 25.1. The topological polar surface area (TPSA) is 113 Å². The predicted molar refractivity (Wildman–Crippen MR) is 162 cm³/mol. The molecule has 3 aromatic heterocycles. The van der Waals surface area contributed by atoms with Gasteiger partial charge in [-0.25, -0.2) is 23.1 Å². The lowest BCUT2D eigenvalue weighted by Crippen LogP contribution is -2.52. The van der Waals surface area contributed by atoms with Gasteiger partial charge in [0.05, 0.1) is 18.4 Å². The number of piperidine rings is 1. The molecule has 45 heavy (non-hydrogen) atoms. The molecule has 0 saturated carbocycles. The number of rotatable bonds is 9. The van der Waals surface area contributed by atoms with Crippen LogP contribution in [-0.2, 0) is 17.8 Å². The third-order valence-electron chi connectivity index (χ3n) is 8.56. The van der Waals surface area contributed by atoms with E-state index in [9.17, 15) is 22.8 Å². The molecule has 2 saturated heterocycles. The van der Waals surface area contributed by atoms with Crippen LogP contribution in [0.25, 0.3) is 16.9 Å². The van der Waals surface area contributed by atoms with E-state index in [1.807, 2.05) is 22.8 Å². The van der Waals surface area contributed by atoms with Crippen molar-refractivity contribution in [3.05, 3.63) is 59.8 Å². The van der Waals surface area contributed by atoms with Gasteiger partial charge in [0.25, 0.3) is 12.3 Å². The maximum atomic E-state index is 13.8. The van der Waals surface area contributed by atoms with Crippen molar-refractivity contribution in [1.29, 1.82) is 0 Å². The molecule has 5 heterocycles. The van der Waals surface area contributed by atoms with Crippen molar-refractivity contribution in [2.75, 3.05) is 51.3 Å². The molecular weight excluding hydrogens is 587 g/mol. The number of imidazole rings is 1. The minimum Gasteiger partial charge on any atom is -0.339 e. The van der Waals surface area contributed by atoms with Crippen LogP contribution in [0.2, 0.25) is 0 Å². The Morgan fingerprint density at radius 1 is 1.09 bits per heavy atom. The van der Waals surface area contributed by atoms with Gasteiger partial charge in [-0.2, -0.15) is 5.10 Å². The van der Waals surface area contributed by atoms with Crippen molar-refractivity contribution in [1.82, 2.24) is 39.3 Å². The fourth-order valence-corrected chi connectivity index (χ4v) is 6.14. The maximum absolute atomic E-state index is 13.8. The van der Waals surface area contributed by atoms with Crippen molar-refractivity contribution in [3.63, 3.8) is 0 Å². The van der Waals surface area contributed by atoms with Gasteiger partial charge in [0.15, 0.2) is 11.5 Å². The lowest BCUT2D eigenvalue weighted by molar-refractivity contribution is -0.137. The number of anilines is 2. The van der Waals surface area contributed by atoms with E-state index in [0.717, 1.165) is 31.5 Å². The second-order valence-corrected chi connectivity index (χ2v) is 11.3. The highest BCUT2D eigenvalue weighted by molar-refractivity contribution is 5.96. The second kappa shape index (κ2) is 13.3. The number of carbonyl (C=O) groups excluding carboxylic acids is 2. The summed E-state index contributed by atoms with van der Waals surface area (Å²) in [6.07, 6.45) is 5.50. The van der Waals surface area contributed by atoms with Crippen LogP contribution in [0, 0.1) is 5.92 Å². The van der Waals surface area contributed by atoms with E-state index in [0.29, 0.717) is 61.0 Å². The van der Waals surface area contributed by atoms with Crippen LogP contribution in [-0.4, -0.2) is 91.7 Å². The van der Waals surface area contributed by atoms with Crippen molar-refractivity contribution < 1.29 is 22.8 Å². The summed E-state index contributed by atoms with van der Waals surface area (Å²) in [6, 6.07) is 5.49. The Morgan fingerprint density at radius 3 is 2.56 bits per heavy atom. The summed E-state index contributed by atoms with van der Waals surface area (Å²) in [6.45, 7) is 4.91. The Kier molecular flexibility index (Phi) is 9.01. The molecule has 2 N–H and O–H groups in total. The normalized spacial score (nSPS) is 16.1. The van der Waals surface area contributed by atoms with Crippen LogP contribution >= 0.6 is 0 Å². The van der Waals surface area contributed by atoms with Crippen LogP contribution < -0.4 is 10.6 Å². The Hall–Kier alpha value is -4.46. The average Bonchev–Trinajstić information content (AvgIpc) is 3.70. The quantitative estimate of drug-likeness (QED) is 0.289. The molecule has 0 spiro atoms. The molecule has 0 bridgehead atoms. The Morgan fingerprint density at radius 2 is 1.84 bits per heavy atom. The highest BCUT2D eigenvalue weighted by Crippen LogP contribution is 2.32. The van der Waals surface area contributed by atoms with Gasteiger partial charge in [-0.3, -0.25) is 18.7 Å². The van der Waals surface area contributed by atoms with E-state index in [1.165, 1.54) is 23.3 Å². The summed E-state index contributed by atoms with van der Waals surface area (Å²) in [5, 5.41) is 10.4. The highest BCUT2D eigenvalue weighted by Gasteiger charge is 2.30. The van der Waals surface area contributed by atoms with E-state index in [2.05, 4.69) is 25.7 Å². The Labute approximate surface area is 258 Å². The number of aryl methyl sites for hydroxylation is 2. The number of halogens is 3. The number of piperazine rings is 1. The number of fused-ring (bicyclic) bond motifs is 1. The lowest BCUT2D eigenvalue weighted by Gasteiger charge is -2.37. The molecule has 0 aliphatic carbocycles. The number of aromatic nitrogens is 5. The zero-order chi connectivity index (χ0) is 31.5. The van der Waals surface area contributed by atoms with E-state index >= 15 is 0 Å². The first-order valence-electron chi connectivity index (χ1n) is 15.3. The minimum absolute atomic E-state index is 0.0615. The van der Waals surface area contributed by atoms with Gasteiger partial charge in [0.1, 0.15) is 12.4 Å². The van der Waals surface area contributed by atoms with Gasteiger partial charge < -0.3 is 20.4 Å². The van der Waals surface area contributed by atoms with Gasteiger partial charge in [-0.05, 0) is 56.1 Å². The van der Waals surface area contributed by atoms with Gasteiger partial charge in [-0.15, -0.1) is 0 Å². The third-order valence-corrected chi connectivity index (χ3v) is 8.56. The summed E-state index contributed by atoms with van der Waals surface area (Å²) in [5.74, 6) is 0.598. The molecule has 11 nitrogen and oxygen atoms in total. The molecule has 0 atom stereocenters. The first-order chi connectivity index (χ1) is 21.9. The molecule has 0 unspecified atom stereocenters. The highest BCUT2D eigenvalue weighted by atomic mass is 19.3. The molecule has 0 radical (unpaired) electrons. The van der Waals surface area contributed by atoms with Crippen molar-refractivity contribution in [2.24, 2.45) is 5.92 Å². The number of benzene rings is 1. The SMILES string of the molecule is CCc1cc(Nc2nccn3c(-c4cn(CCF)nc4C(F)F)cnc23)ccc1C(=O)N1CCN(C(=O)C2CCNCC2)CC1. The van der Waals surface area contributed by atoms with Gasteiger partial charge >= 0.3 is 0 Å². The van der Waals surface area contributed by atoms with E-state index in [-0.39, 0.29) is 29.8 Å². The number of hydrogen-bond acceptors (Lipinski definition) is 7. The minimum atomic E-state index is -2.84. The number of alkyl halides is 3. The number of hydrogen-bond donors (Lipinski definition) is 2. The van der Waals surface area contributed by atoms with Crippen molar-refractivity contribution >= 4 is 29.0 Å². The van der Waals surface area contributed by atoms with Crippen LogP contribution in [0.15, 0.2) is 43.0 Å². The molecule has 14 heteroatoms. The number of carbonyl (C=O) groups is 2. The number of amides is 2. The van der Waals surface area contributed by atoms with Gasteiger partial charge in [0.2, 0.25) is 5.91 Å². The molecule has 238 valence electrons. The zero-order valence-corrected chi connectivity index (χ0v) is 25.1. The van der Waals surface area contributed by atoms with Crippen molar-refractivity contribution in [3.8, 4) is 11.3 Å². The first kappa shape index (κ1) is 30.6. The van der Waals surface area contributed by atoms with Crippen LogP contribution in [0.1, 0.15) is 47.8 Å². The second-order valence-electron chi connectivity index (χ2n) is 11.3. The third kappa shape index (κ3) is 6.23. The summed E-state index contributed by atoms with van der Waals surface area (Å²) < 4.78 is 43.2. The molecular formula is C31H36F3N9O2.